The maximum Gasteiger partial charge on any atom is 0.105 e. The molecule has 0 saturated carbocycles. The number of nitrogens with one attached hydrogen (secondary N) is 1. The molecule has 2 heteroatoms. The number of hydrogen-bond acceptors (Lipinski definition) is 2. The van der Waals surface area contributed by atoms with Gasteiger partial charge < -0.3 is 0 Å². The van der Waals surface area contributed by atoms with Crippen LogP contribution in [0.4, 0.5) is 0 Å². The summed E-state index contributed by atoms with van der Waals surface area (Å²) in [6.07, 6.45) is 0. The first-order valence-electron chi connectivity index (χ1n) is 4.95. The number of nitrogens with zero attached hydrogens (tertiary/aromatic N) is 1. The second kappa shape index (κ2) is 1.82. The van der Waals surface area contributed by atoms with Gasteiger partial charge in [-0.25, -0.2) is 0 Å². The first-order valence-corrected chi connectivity index (χ1v) is 3.45. The average Bonchev–Trinajstić information content (AvgIpc) is 1.97. The highest BCUT2D eigenvalue weighted by Crippen LogP contribution is 2.22. The molecule has 0 bridgehead atoms. The Balaban J connectivity index is 3.08. The molecular formula is C8H16N2. The van der Waals surface area contributed by atoms with Crippen LogP contribution in [0, 0.1) is 0 Å². The number of aliphatic imine (C=N–C) groups is 1. The quantitative estimate of drug-likeness (QED) is 0.547. The fourth-order valence-corrected chi connectivity index (χ4v) is 1.27. The van der Waals surface area contributed by atoms with Crippen LogP contribution in [-0.2, 0) is 0 Å². The Labute approximate surface area is 66.9 Å². The summed E-state index contributed by atoms with van der Waals surface area (Å²) in [6, 6.07) is 0. The standard InChI is InChI=1S/C8H16N2/c1-6-7(2,3)10-8(4,5)9-6/h10H,1-5H3/i1D3. The molecule has 0 aromatic carbocycles. The van der Waals surface area contributed by atoms with Crippen LogP contribution in [-0.4, -0.2) is 16.9 Å². The van der Waals surface area contributed by atoms with Crippen molar-refractivity contribution in [3.63, 3.8) is 0 Å². The third-order valence-corrected chi connectivity index (χ3v) is 1.60. The molecule has 0 fully saturated rings. The van der Waals surface area contributed by atoms with Crippen LogP contribution in [0.1, 0.15) is 38.7 Å². The zero-order chi connectivity index (χ0) is 10.5. The van der Waals surface area contributed by atoms with Crippen molar-refractivity contribution in [2.24, 2.45) is 4.99 Å². The lowest BCUT2D eigenvalue weighted by Gasteiger charge is -2.24. The molecule has 2 nitrogen and oxygen atoms in total. The van der Waals surface area contributed by atoms with E-state index in [0.29, 0.717) is 0 Å². The molecule has 1 rings (SSSR count). The van der Waals surface area contributed by atoms with Crippen molar-refractivity contribution in [1.82, 2.24) is 5.32 Å². The van der Waals surface area contributed by atoms with E-state index in [0.717, 1.165) is 0 Å². The molecule has 1 N–H and O–H groups in total. The minimum Gasteiger partial charge on any atom is -0.283 e. The highest BCUT2D eigenvalue weighted by atomic mass is 15.2. The Kier molecular flexibility index (Phi) is 0.817. The maximum absolute atomic E-state index is 7.32. The Morgan fingerprint density at radius 2 is 2.00 bits per heavy atom. The summed E-state index contributed by atoms with van der Waals surface area (Å²) in [7, 11) is 0. The van der Waals surface area contributed by atoms with E-state index in [1.807, 2.05) is 27.7 Å². The van der Waals surface area contributed by atoms with Crippen LogP contribution in [0.5, 0.6) is 0 Å². The van der Waals surface area contributed by atoms with Gasteiger partial charge in [0.2, 0.25) is 0 Å². The third kappa shape index (κ3) is 1.21. The van der Waals surface area contributed by atoms with Gasteiger partial charge >= 0.3 is 0 Å². The Morgan fingerprint density at radius 3 is 2.20 bits per heavy atom. The molecule has 0 saturated heterocycles. The molecule has 0 aliphatic carbocycles. The molecule has 0 aromatic rings. The molecule has 0 amide bonds. The van der Waals surface area contributed by atoms with Gasteiger partial charge in [0, 0.05) is 9.82 Å². The van der Waals surface area contributed by atoms with Gasteiger partial charge in [0.1, 0.15) is 5.66 Å². The summed E-state index contributed by atoms with van der Waals surface area (Å²) in [5.41, 5.74) is -0.730. The van der Waals surface area contributed by atoms with Crippen molar-refractivity contribution in [2.75, 3.05) is 0 Å². The van der Waals surface area contributed by atoms with Gasteiger partial charge in [0.25, 0.3) is 0 Å². The van der Waals surface area contributed by atoms with E-state index in [1.54, 1.807) is 0 Å². The van der Waals surface area contributed by atoms with E-state index in [9.17, 15) is 0 Å². The summed E-state index contributed by atoms with van der Waals surface area (Å²) in [5, 5.41) is 3.16. The van der Waals surface area contributed by atoms with Crippen molar-refractivity contribution < 1.29 is 4.11 Å². The van der Waals surface area contributed by atoms with E-state index < -0.39 is 18.1 Å². The molecule has 1 aliphatic heterocycles. The predicted molar refractivity (Wildman–Crippen MR) is 44.4 cm³/mol. The second-order valence-corrected chi connectivity index (χ2v) is 3.77. The molecule has 1 aliphatic rings. The lowest BCUT2D eigenvalue weighted by atomic mass is 10.0. The minimum atomic E-state index is -2.09. The summed E-state index contributed by atoms with van der Waals surface area (Å²) >= 11 is 0. The van der Waals surface area contributed by atoms with Crippen LogP contribution in [0.25, 0.3) is 0 Å². The summed E-state index contributed by atoms with van der Waals surface area (Å²) in [5.74, 6) is 0. The SMILES string of the molecule is [2H]C([2H])([2H])C1=NC(C)(C)NC1(C)C. The number of rotatable bonds is 0. The van der Waals surface area contributed by atoms with Crippen molar-refractivity contribution in [1.29, 1.82) is 0 Å². The second-order valence-electron chi connectivity index (χ2n) is 3.77. The maximum atomic E-state index is 7.32. The number of hydrogen-bond donors (Lipinski definition) is 1. The van der Waals surface area contributed by atoms with Crippen LogP contribution in [0.2, 0.25) is 0 Å². The molecule has 0 spiro atoms. The minimum absolute atomic E-state index is 0.269. The van der Waals surface area contributed by atoms with Gasteiger partial charge in [-0.05, 0) is 34.5 Å². The Bertz CT molecular complexity index is 251. The first kappa shape index (κ1) is 4.50. The monoisotopic (exact) mass is 143 g/mol. The Morgan fingerprint density at radius 1 is 1.40 bits per heavy atom. The van der Waals surface area contributed by atoms with Gasteiger partial charge in [-0.3, -0.25) is 10.3 Å². The molecule has 0 radical (unpaired) electrons. The van der Waals surface area contributed by atoms with Crippen molar-refractivity contribution >= 4 is 5.71 Å². The predicted octanol–water partition coefficient (Wildman–Crippen LogP) is 1.57. The normalized spacial score (nSPS) is 34.0. The summed E-state index contributed by atoms with van der Waals surface area (Å²) in [6.45, 7) is 5.32. The zero-order valence-corrected chi connectivity index (χ0v) is 6.95. The van der Waals surface area contributed by atoms with Crippen LogP contribution < -0.4 is 5.32 Å². The van der Waals surface area contributed by atoms with Gasteiger partial charge in [-0.1, -0.05) is 0 Å². The van der Waals surface area contributed by atoms with Crippen molar-refractivity contribution in [3.8, 4) is 0 Å². The largest absolute Gasteiger partial charge is 0.283 e. The van der Waals surface area contributed by atoms with E-state index in [2.05, 4.69) is 10.3 Å². The topological polar surface area (TPSA) is 24.4 Å². The van der Waals surface area contributed by atoms with E-state index in [4.69, 9.17) is 4.11 Å². The molecule has 0 unspecified atom stereocenters. The molecular weight excluding hydrogens is 124 g/mol. The third-order valence-electron chi connectivity index (χ3n) is 1.60. The molecule has 10 heavy (non-hydrogen) atoms. The zero-order valence-electron chi connectivity index (χ0n) is 9.95. The molecule has 0 aromatic heterocycles. The van der Waals surface area contributed by atoms with Crippen LogP contribution >= 0.6 is 0 Å². The fraction of sp³-hybridized carbons (Fsp3) is 0.875. The molecule has 0 atom stereocenters. The van der Waals surface area contributed by atoms with Gasteiger partial charge in [0.15, 0.2) is 0 Å². The average molecular weight is 143 g/mol. The summed E-state index contributed by atoms with van der Waals surface area (Å²) < 4.78 is 22.0. The highest BCUT2D eigenvalue weighted by Gasteiger charge is 2.35. The van der Waals surface area contributed by atoms with Gasteiger partial charge in [-0.15, -0.1) is 0 Å². The Hall–Kier alpha value is -0.370. The van der Waals surface area contributed by atoms with Gasteiger partial charge in [-0.2, -0.15) is 0 Å². The highest BCUT2D eigenvalue weighted by molar-refractivity contribution is 5.92. The van der Waals surface area contributed by atoms with E-state index in [1.165, 1.54) is 0 Å². The van der Waals surface area contributed by atoms with Crippen molar-refractivity contribution in [2.45, 2.75) is 45.7 Å². The first-order chi connectivity index (χ1) is 5.55. The smallest absolute Gasteiger partial charge is 0.105 e. The lowest BCUT2D eigenvalue weighted by molar-refractivity contribution is 0.371. The van der Waals surface area contributed by atoms with Gasteiger partial charge in [0.05, 0.1) is 5.54 Å². The van der Waals surface area contributed by atoms with Crippen LogP contribution in [0.3, 0.4) is 0 Å². The lowest BCUT2D eigenvalue weighted by Crippen LogP contribution is -2.47. The van der Waals surface area contributed by atoms with E-state index in [-0.39, 0.29) is 5.71 Å². The fourth-order valence-electron chi connectivity index (χ4n) is 1.27. The molecule has 1 heterocycles. The van der Waals surface area contributed by atoms with E-state index >= 15 is 0 Å². The van der Waals surface area contributed by atoms with Crippen LogP contribution in [0.15, 0.2) is 4.99 Å². The summed E-state index contributed by atoms with van der Waals surface area (Å²) in [4.78, 5) is 4.19. The molecule has 58 valence electrons. The van der Waals surface area contributed by atoms with Crippen molar-refractivity contribution in [3.05, 3.63) is 0 Å².